The van der Waals surface area contributed by atoms with E-state index in [0.29, 0.717) is 0 Å². The van der Waals surface area contributed by atoms with Crippen LogP contribution in [-0.4, -0.2) is 19.1 Å². The number of carboxylic acids is 1. The van der Waals surface area contributed by atoms with Gasteiger partial charge in [-0.05, 0) is 11.1 Å². The molecule has 0 unspecified atom stereocenters. The van der Waals surface area contributed by atoms with Crippen LogP contribution >= 0.6 is 0 Å². The van der Waals surface area contributed by atoms with Crippen LogP contribution < -0.4 is 5.19 Å². The van der Waals surface area contributed by atoms with E-state index < -0.39 is 20.0 Å². The zero-order chi connectivity index (χ0) is 15.5. The molecule has 0 radical (unpaired) electrons. The number of rotatable bonds is 5. The third-order valence-corrected chi connectivity index (χ3v) is 8.55. The molecule has 0 aliphatic heterocycles. The van der Waals surface area contributed by atoms with Crippen LogP contribution in [0.15, 0.2) is 60.7 Å². The number of hydrogen-bond acceptors (Lipinski definition) is 1. The maximum atomic E-state index is 11.6. The van der Waals surface area contributed by atoms with Gasteiger partial charge in [0.15, 0.2) is 0 Å². The summed E-state index contributed by atoms with van der Waals surface area (Å²) < 4.78 is 0. The van der Waals surface area contributed by atoms with E-state index in [4.69, 9.17) is 0 Å². The lowest BCUT2D eigenvalue weighted by Crippen LogP contribution is -2.51. The highest BCUT2D eigenvalue weighted by Gasteiger charge is 2.40. The van der Waals surface area contributed by atoms with Gasteiger partial charge >= 0.3 is 5.97 Å². The van der Waals surface area contributed by atoms with Gasteiger partial charge in [-0.25, -0.2) is 0 Å². The number of hydrogen-bond donors (Lipinski definition) is 1. The van der Waals surface area contributed by atoms with E-state index in [2.05, 4.69) is 37.4 Å². The SMILES string of the molecule is C[C@H](C(=O)O)[C@H](c1ccccc1)[Si](C)(C)c1ccccc1. The Kier molecular flexibility index (Phi) is 4.63. The molecule has 0 amide bonds. The van der Waals surface area contributed by atoms with Crippen molar-refractivity contribution in [3.8, 4) is 0 Å². The number of carbonyl (C=O) groups is 1. The molecule has 2 rings (SSSR count). The van der Waals surface area contributed by atoms with E-state index >= 15 is 0 Å². The Bertz CT molecular complexity index is 593. The summed E-state index contributed by atoms with van der Waals surface area (Å²) in [5.41, 5.74) is 1.19. The Morgan fingerprint density at radius 3 is 1.90 bits per heavy atom. The predicted molar refractivity (Wildman–Crippen MR) is 89.5 cm³/mol. The van der Waals surface area contributed by atoms with Crippen LogP contribution in [0.1, 0.15) is 18.0 Å². The molecule has 0 aliphatic rings. The zero-order valence-electron chi connectivity index (χ0n) is 12.8. The normalized spacial score (nSPS) is 14.4. The monoisotopic (exact) mass is 298 g/mol. The summed E-state index contributed by atoms with van der Waals surface area (Å²) in [5.74, 6) is -1.12. The van der Waals surface area contributed by atoms with E-state index in [1.165, 1.54) is 5.19 Å². The molecule has 0 fully saturated rings. The number of carboxylic acid groups (broad SMARTS) is 1. The maximum absolute atomic E-state index is 11.6. The summed E-state index contributed by atoms with van der Waals surface area (Å²) >= 11 is 0. The first-order chi connectivity index (χ1) is 9.94. The molecule has 0 aliphatic carbocycles. The smallest absolute Gasteiger partial charge is 0.306 e. The minimum absolute atomic E-state index is 0.0543. The Morgan fingerprint density at radius 1 is 0.952 bits per heavy atom. The fraction of sp³-hybridized carbons (Fsp3) is 0.278. The van der Waals surface area contributed by atoms with Crippen LogP contribution in [0.3, 0.4) is 0 Å². The van der Waals surface area contributed by atoms with Gasteiger partial charge in [-0.15, -0.1) is 0 Å². The third kappa shape index (κ3) is 3.24. The highest BCUT2D eigenvalue weighted by Crippen LogP contribution is 2.34. The van der Waals surface area contributed by atoms with Gasteiger partial charge in [-0.2, -0.15) is 0 Å². The zero-order valence-corrected chi connectivity index (χ0v) is 13.8. The standard InChI is InChI=1S/C18H22O2Si/c1-14(18(19)20)17(15-10-6-4-7-11-15)21(2,3)16-12-8-5-9-13-16/h4-14,17H,1-3H3,(H,19,20)/t14-,17+/m0/s1. The topological polar surface area (TPSA) is 37.3 Å². The van der Waals surface area contributed by atoms with E-state index in [1.807, 2.05) is 43.3 Å². The van der Waals surface area contributed by atoms with Gasteiger partial charge in [0, 0.05) is 0 Å². The van der Waals surface area contributed by atoms with Crippen molar-refractivity contribution in [2.45, 2.75) is 25.6 Å². The summed E-state index contributed by atoms with van der Waals surface area (Å²) in [5, 5.41) is 10.8. The van der Waals surface area contributed by atoms with Crippen LogP contribution in [0.4, 0.5) is 0 Å². The van der Waals surface area contributed by atoms with Crippen LogP contribution in [0.25, 0.3) is 0 Å². The van der Waals surface area contributed by atoms with Crippen molar-refractivity contribution in [3.05, 3.63) is 66.2 Å². The van der Waals surface area contributed by atoms with Crippen LogP contribution in [0.5, 0.6) is 0 Å². The molecule has 0 spiro atoms. The molecular weight excluding hydrogens is 276 g/mol. The predicted octanol–water partition coefficient (Wildman–Crippen LogP) is 3.65. The van der Waals surface area contributed by atoms with Gasteiger partial charge in [0.2, 0.25) is 0 Å². The minimum atomic E-state index is -1.96. The fourth-order valence-electron chi connectivity index (χ4n) is 3.18. The van der Waals surface area contributed by atoms with Crippen molar-refractivity contribution in [2.24, 2.45) is 5.92 Å². The summed E-state index contributed by atoms with van der Waals surface area (Å²) in [4.78, 5) is 11.6. The lowest BCUT2D eigenvalue weighted by molar-refractivity contribution is -0.141. The van der Waals surface area contributed by atoms with Crippen LogP contribution in [0.2, 0.25) is 13.1 Å². The second kappa shape index (κ2) is 6.27. The molecule has 1 N–H and O–H groups in total. The Hall–Kier alpha value is -1.87. The molecule has 2 nitrogen and oxygen atoms in total. The van der Waals surface area contributed by atoms with Gasteiger partial charge in [0.1, 0.15) is 0 Å². The summed E-state index contributed by atoms with van der Waals surface area (Å²) in [6.07, 6.45) is 0. The fourth-order valence-corrected chi connectivity index (χ4v) is 7.01. The molecule has 0 bridgehead atoms. The number of aliphatic carboxylic acids is 1. The average Bonchev–Trinajstić information content (AvgIpc) is 2.49. The van der Waals surface area contributed by atoms with Crippen molar-refractivity contribution in [1.29, 1.82) is 0 Å². The van der Waals surface area contributed by atoms with Gasteiger partial charge in [0.05, 0.1) is 14.0 Å². The molecule has 2 aromatic carbocycles. The minimum Gasteiger partial charge on any atom is -0.481 e. The Labute approximate surface area is 127 Å². The highest BCUT2D eigenvalue weighted by atomic mass is 28.3. The largest absolute Gasteiger partial charge is 0.481 e. The molecule has 0 aromatic heterocycles. The van der Waals surface area contributed by atoms with E-state index in [9.17, 15) is 9.90 Å². The van der Waals surface area contributed by atoms with Crippen molar-refractivity contribution in [1.82, 2.24) is 0 Å². The van der Waals surface area contributed by atoms with Crippen molar-refractivity contribution < 1.29 is 9.90 Å². The second-order valence-electron chi connectivity index (χ2n) is 6.10. The molecule has 3 heteroatoms. The third-order valence-electron chi connectivity index (χ3n) is 4.34. The first kappa shape index (κ1) is 15.5. The molecule has 2 aromatic rings. The average molecular weight is 298 g/mol. The molecule has 0 saturated heterocycles. The second-order valence-corrected chi connectivity index (χ2v) is 10.7. The first-order valence-corrected chi connectivity index (χ1v) is 10.4. The quantitative estimate of drug-likeness (QED) is 0.856. The maximum Gasteiger partial charge on any atom is 0.306 e. The Morgan fingerprint density at radius 2 is 1.43 bits per heavy atom. The molecular formula is C18H22O2Si. The van der Waals surface area contributed by atoms with Gasteiger partial charge in [-0.1, -0.05) is 85.9 Å². The van der Waals surface area contributed by atoms with Gasteiger partial charge in [-0.3, -0.25) is 4.79 Å². The van der Waals surface area contributed by atoms with Gasteiger partial charge in [0.25, 0.3) is 0 Å². The molecule has 21 heavy (non-hydrogen) atoms. The van der Waals surface area contributed by atoms with Crippen LogP contribution in [-0.2, 0) is 4.79 Å². The summed E-state index contributed by atoms with van der Waals surface area (Å²) in [6.45, 7) is 6.36. The first-order valence-electron chi connectivity index (χ1n) is 7.28. The molecule has 0 heterocycles. The van der Waals surface area contributed by atoms with Crippen LogP contribution in [0, 0.1) is 5.92 Å². The lowest BCUT2D eigenvalue weighted by Gasteiger charge is -2.36. The highest BCUT2D eigenvalue weighted by molar-refractivity contribution is 6.91. The van der Waals surface area contributed by atoms with E-state index in [1.54, 1.807) is 0 Å². The number of benzene rings is 2. The van der Waals surface area contributed by atoms with E-state index in [0.717, 1.165) is 5.56 Å². The summed E-state index contributed by atoms with van der Waals surface area (Å²) in [6, 6.07) is 20.4. The Balaban J connectivity index is 2.52. The molecule has 2 atom stereocenters. The molecule has 0 saturated carbocycles. The summed E-state index contributed by atoms with van der Waals surface area (Å²) in [7, 11) is -1.96. The van der Waals surface area contributed by atoms with Gasteiger partial charge < -0.3 is 5.11 Å². The van der Waals surface area contributed by atoms with E-state index in [-0.39, 0.29) is 5.54 Å². The molecule has 110 valence electrons. The van der Waals surface area contributed by atoms with Crippen molar-refractivity contribution >= 4 is 19.2 Å². The van der Waals surface area contributed by atoms with Crippen molar-refractivity contribution in [2.75, 3.05) is 0 Å². The van der Waals surface area contributed by atoms with Crippen molar-refractivity contribution in [3.63, 3.8) is 0 Å². The lowest BCUT2D eigenvalue weighted by atomic mass is 10.0.